The first-order valence-corrected chi connectivity index (χ1v) is 7.76. The maximum Gasteiger partial charge on any atom is 0.229 e. The van der Waals surface area contributed by atoms with Crippen LogP contribution in [0.4, 0.5) is 11.4 Å². The minimum atomic E-state index is -3.31. The average Bonchev–Trinajstić information content (AvgIpc) is 2.72. The second kappa shape index (κ2) is 5.54. The van der Waals surface area contributed by atoms with E-state index in [1.54, 1.807) is 30.3 Å². The molecule has 0 bridgehead atoms. The van der Waals surface area contributed by atoms with Crippen molar-refractivity contribution in [1.29, 1.82) is 0 Å². The third-order valence-corrected chi connectivity index (χ3v) is 3.10. The maximum absolute atomic E-state index is 11.3. The summed E-state index contributed by atoms with van der Waals surface area (Å²) in [5.41, 5.74) is 1.16. The van der Waals surface area contributed by atoms with Crippen LogP contribution in [0.15, 0.2) is 40.8 Å². The van der Waals surface area contributed by atoms with Gasteiger partial charge in [0.05, 0.1) is 24.2 Å². The van der Waals surface area contributed by atoms with Crippen molar-refractivity contribution in [3.8, 4) is 0 Å². The molecule has 0 saturated heterocycles. The SMILES string of the molecule is CS(=O)(=O)Nc1ccccc1NCc1ccc(Cl)o1. The molecule has 1 aromatic carbocycles. The molecule has 7 heteroatoms. The quantitative estimate of drug-likeness (QED) is 0.890. The lowest BCUT2D eigenvalue weighted by Gasteiger charge is -2.11. The van der Waals surface area contributed by atoms with E-state index in [1.165, 1.54) is 0 Å². The van der Waals surface area contributed by atoms with E-state index in [4.69, 9.17) is 16.0 Å². The van der Waals surface area contributed by atoms with Crippen molar-refractivity contribution in [1.82, 2.24) is 0 Å². The number of sulfonamides is 1. The molecule has 0 atom stereocenters. The molecule has 0 unspecified atom stereocenters. The monoisotopic (exact) mass is 300 g/mol. The molecule has 1 heterocycles. The molecule has 0 spiro atoms. The molecule has 2 aromatic rings. The zero-order valence-electron chi connectivity index (χ0n) is 10.2. The Hall–Kier alpha value is -1.66. The fourth-order valence-electron chi connectivity index (χ4n) is 1.56. The van der Waals surface area contributed by atoms with Crippen LogP contribution in [0.25, 0.3) is 0 Å². The normalized spacial score (nSPS) is 11.3. The third kappa shape index (κ3) is 4.18. The topological polar surface area (TPSA) is 71.3 Å². The van der Waals surface area contributed by atoms with E-state index in [0.717, 1.165) is 6.26 Å². The van der Waals surface area contributed by atoms with E-state index in [9.17, 15) is 8.42 Å². The number of furan rings is 1. The van der Waals surface area contributed by atoms with E-state index in [0.29, 0.717) is 28.9 Å². The zero-order valence-corrected chi connectivity index (χ0v) is 11.8. The fraction of sp³-hybridized carbons (Fsp3) is 0.167. The number of anilines is 2. The highest BCUT2D eigenvalue weighted by Gasteiger charge is 2.07. The molecule has 0 aliphatic carbocycles. The number of halogens is 1. The molecule has 102 valence electrons. The number of rotatable bonds is 5. The average molecular weight is 301 g/mol. The molecule has 0 fully saturated rings. The van der Waals surface area contributed by atoms with Gasteiger partial charge in [0, 0.05) is 0 Å². The van der Waals surface area contributed by atoms with Gasteiger partial charge < -0.3 is 9.73 Å². The van der Waals surface area contributed by atoms with E-state index in [1.807, 2.05) is 6.07 Å². The second-order valence-corrected chi connectivity index (χ2v) is 6.10. The number of hydrogen-bond donors (Lipinski definition) is 2. The Labute approximate surface area is 116 Å². The smallest absolute Gasteiger partial charge is 0.229 e. The highest BCUT2D eigenvalue weighted by molar-refractivity contribution is 7.92. The van der Waals surface area contributed by atoms with Gasteiger partial charge in [0.15, 0.2) is 5.22 Å². The minimum absolute atomic E-state index is 0.319. The van der Waals surface area contributed by atoms with Crippen LogP contribution >= 0.6 is 11.6 Å². The lowest BCUT2D eigenvalue weighted by Crippen LogP contribution is -2.11. The van der Waals surface area contributed by atoms with Crippen LogP contribution in [0.1, 0.15) is 5.76 Å². The van der Waals surface area contributed by atoms with Crippen molar-refractivity contribution in [2.75, 3.05) is 16.3 Å². The summed E-state index contributed by atoms with van der Waals surface area (Å²) in [5.74, 6) is 0.666. The fourth-order valence-corrected chi connectivity index (χ4v) is 2.29. The summed E-state index contributed by atoms with van der Waals surface area (Å²) in [5, 5.41) is 3.40. The van der Waals surface area contributed by atoms with Crippen LogP contribution in [0.5, 0.6) is 0 Å². The van der Waals surface area contributed by atoms with Gasteiger partial charge in [-0.15, -0.1) is 0 Å². The Morgan fingerprint density at radius 1 is 1.16 bits per heavy atom. The summed E-state index contributed by atoms with van der Waals surface area (Å²) < 4.78 is 30.2. The first-order valence-electron chi connectivity index (χ1n) is 5.49. The van der Waals surface area contributed by atoms with Gasteiger partial charge in [-0.25, -0.2) is 8.42 Å². The molecular weight excluding hydrogens is 288 g/mol. The van der Waals surface area contributed by atoms with E-state index in [2.05, 4.69) is 10.0 Å². The molecule has 0 saturated carbocycles. The lowest BCUT2D eigenvalue weighted by atomic mass is 10.2. The van der Waals surface area contributed by atoms with Crippen molar-refractivity contribution in [2.45, 2.75) is 6.54 Å². The van der Waals surface area contributed by atoms with Crippen LogP contribution in [-0.2, 0) is 16.6 Å². The van der Waals surface area contributed by atoms with Gasteiger partial charge in [-0.05, 0) is 35.9 Å². The molecule has 0 radical (unpaired) electrons. The van der Waals surface area contributed by atoms with Gasteiger partial charge in [-0.3, -0.25) is 4.72 Å². The molecule has 0 amide bonds. The summed E-state index contributed by atoms with van der Waals surface area (Å²) in [7, 11) is -3.31. The van der Waals surface area contributed by atoms with Crippen LogP contribution in [0.2, 0.25) is 5.22 Å². The van der Waals surface area contributed by atoms with Crippen LogP contribution in [0.3, 0.4) is 0 Å². The van der Waals surface area contributed by atoms with Crippen molar-refractivity contribution >= 4 is 33.0 Å². The van der Waals surface area contributed by atoms with Crippen molar-refractivity contribution in [2.24, 2.45) is 0 Å². The largest absolute Gasteiger partial charge is 0.448 e. The van der Waals surface area contributed by atoms with Crippen molar-refractivity contribution < 1.29 is 12.8 Å². The van der Waals surface area contributed by atoms with E-state index in [-0.39, 0.29) is 0 Å². The third-order valence-electron chi connectivity index (χ3n) is 2.30. The molecular formula is C12H13ClN2O3S. The second-order valence-electron chi connectivity index (χ2n) is 3.98. The van der Waals surface area contributed by atoms with Gasteiger partial charge in [0.25, 0.3) is 0 Å². The molecule has 2 rings (SSSR count). The van der Waals surface area contributed by atoms with Crippen LogP contribution in [-0.4, -0.2) is 14.7 Å². The number of benzene rings is 1. The summed E-state index contributed by atoms with van der Waals surface area (Å²) >= 11 is 5.67. The Bertz CT molecular complexity index is 667. The van der Waals surface area contributed by atoms with Crippen LogP contribution < -0.4 is 10.0 Å². The van der Waals surface area contributed by atoms with Gasteiger partial charge in [0.1, 0.15) is 5.76 Å². The summed E-state index contributed by atoms with van der Waals surface area (Å²) in [6, 6.07) is 10.4. The molecule has 2 N–H and O–H groups in total. The zero-order chi connectivity index (χ0) is 13.9. The number of hydrogen-bond acceptors (Lipinski definition) is 4. The Kier molecular flexibility index (Phi) is 4.01. The predicted molar refractivity (Wildman–Crippen MR) is 76.0 cm³/mol. The predicted octanol–water partition coefficient (Wildman–Crippen LogP) is 2.92. The summed E-state index contributed by atoms with van der Waals surface area (Å²) in [4.78, 5) is 0. The first-order chi connectivity index (χ1) is 8.94. The van der Waals surface area contributed by atoms with Gasteiger partial charge in [-0.1, -0.05) is 12.1 Å². The molecule has 0 aliphatic rings. The summed E-state index contributed by atoms with van der Waals surface area (Å²) in [6.07, 6.45) is 1.11. The highest BCUT2D eigenvalue weighted by Crippen LogP contribution is 2.23. The van der Waals surface area contributed by atoms with E-state index >= 15 is 0 Å². The molecule has 19 heavy (non-hydrogen) atoms. The highest BCUT2D eigenvalue weighted by atomic mass is 35.5. The molecule has 0 aliphatic heterocycles. The summed E-state index contributed by atoms with van der Waals surface area (Å²) in [6.45, 7) is 0.412. The lowest BCUT2D eigenvalue weighted by molar-refractivity contribution is 0.520. The Morgan fingerprint density at radius 2 is 1.84 bits per heavy atom. The van der Waals surface area contributed by atoms with Gasteiger partial charge in [-0.2, -0.15) is 0 Å². The van der Waals surface area contributed by atoms with Gasteiger partial charge >= 0.3 is 0 Å². The van der Waals surface area contributed by atoms with Crippen molar-refractivity contribution in [3.63, 3.8) is 0 Å². The molecule has 5 nitrogen and oxygen atoms in total. The number of para-hydroxylation sites is 2. The van der Waals surface area contributed by atoms with E-state index < -0.39 is 10.0 Å². The van der Waals surface area contributed by atoms with Crippen LogP contribution in [0, 0.1) is 0 Å². The molecule has 1 aromatic heterocycles. The first kappa shape index (κ1) is 13.8. The number of nitrogens with one attached hydrogen (secondary N) is 2. The van der Waals surface area contributed by atoms with Gasteiger partial charge in [0.2, 0.25) is 10.0 Å². The van der Waals surface area contributed by atoms with Crippen molar-refractivity contribution in [3.05, 3.63) is 47.4 Å². The maximum atomic E-state index is 11.3. The standard InChI is InChI=1S/C12H13ClN2O3S/c1-19(16,17)15-11-5-3-2-4-10(11)14-8-9-6-7-12(13)18-9/h2-7,14-15H,8H2,1H3. The Balaban J connectivity index is 2.11. The minimum Gasteiger partial charge on any atom is -0.448 e. The Morgan fingerprint density at radius 3 is 2.42 bits per heavy atom.